The zero-order valence-electron chi connectivity index (χ0n) is 21.3. The molecule has 0 radical (unpaired) electrons. The molecule has 2 N–H and O–H groups in total. The molecule has 1 aliphatic carbocycles. The number of alkyl halides is 3. The van der Waals surface area contributed by atoms with Crippen LogP contribution < -0.4 is 10.6 Å². The van der Waals surface area contributed by atoms with Crippen LogP contribution in [0.1, 0.15) is 54.9 Å². The summed E-state index contributed by atoms with van der Waals surface area (Å²) in [6.45, 7) is 3.36. The van der Waals surface area contributed by atoms with Crippen molar-refractivity contribution in [2.75, 3.05) is 37.8 Å². The summed E-state index contributed by atoms with van der Waals surface area (Å²) in [6, 6.07) is 6.48. The second kappa shape index (κ2) is 11.0. The molecule has 1 saturated heterocycles. The summed E-state index contributed by atoms with van der Waals surface area (Å²) in [4.78, 5) is 36.8. The number of hydrogen-bond donors (Lipinski definition) is 2. The SMILES string of the molecule is CC(=O)[C@H]1CCC[C@H]1Nc1nc(Nc2ccc(C(=O)N(C)C3CCN(C)CC3)cc2)ncc1C(F)(F)F. The van der Waals surface area contributed by atoms with Crippen LogP contribution in [0, 0.1) is 5.92 Å². The molecule has 2 atom stereocenters. The highest BCUT2D eigenvalue weighted by Crippen LogP contribution is 2.37. The van der Waals surface area contributed by atoms with Crippen LogP contribution >= 0.6 is 0 Å². The van der Waals surface area contributed by atoms with Crippen molar-refractivity contribution in [3.8, 4) is 0 Å². The highest BCUT2D eigenvalue weighted by atomic mass is 19.4. The predicted octanol–water partition coefficient (Wildman–Crippen LogP) is 4.57. The Morgan fingerprint density at radius 1 is 1.08 bits per heavy atom. The summed E-state index contributed by atoms with van der Waals surface area (Å²) in [5.74, 6) is -0.836. The number of likely N-dealkylation sites (tertiary alicyclic amines) is 1. The molecule has 37 heavy (non-hydrogen) atoms. The van der Waals surface area contributed by atoms with Crippen molar-refractivity contribution in [1.82, 2.24) is 19.8 Å². The lowest BCUT2D eigenvalue weighted by atomic mass is 9.99. The fourth-order valence-corrected chi connectivity index (χ4v) is 5.13. The van der Waals surface area contributed by atoms with Crippen LogP contribution in [0.25, 0.3) is 0 Å². The normalized spacial score (nSPS) is 21.0. The van der Waals surface area contributed by atoms with Crippen molar-refractivity contribution >= 4 is 29.1 Å². The minimum Gasteiger partial charge on any atom is -0.366 e. The first-order valence-electron chi connectivity index (χ1n) is 12.6. The third kappa shape index (κ3) is 6.38. The van der Waals surface area contributed by atoms with Gasteiger partial charge in [-0.05, 0) is 77.0 Å². The Morgan fingerprint density at radius 3 is 2.38 bits per heavy atom. The molecule has 2 aliphatic rings. The Morgan fingerprint density at radius 2 is 1.76 bits per heavy atom. The lowest BCUT2D eigenvalue weighted by Gasteiger charge is -2.35. The molecule has 4 rings (SSSR count). The first kappa shape index (κ1) is 26.8. The molecule has 1 saturated carbocycles. The van der Waals surface area contributed by atoms with E-state index in [4.69, 9.17) is 0 Å². The van der Waals surface area contributed by atoms with Crippen LogP contribution in [0.4, 0.5) is 30.6 Å². The number of hydrogen-bond acceptors (Lipinski definition) is 7. The van der Waals surface area contributed by atoms with Gasteiger partial charge in [0.15, 0.2) is 0 Å². The van der Waals surface area contributed by atoms with Crippen molar-refractivity contribution in [1.29, 1.82) is 0 Å². The highest BCUT2D eigenvalue weighted by molar-refractivity contribution is 5.94. The van der Waals surface area contributed by atoms with E-state index < -0.39 is 17.8 Å². The first-order chi connectivity index (χ1) is 17.5. The third-order valence-electron chi connectivity index (χ3n) is 7.40. The van der Waals surface area contributed by atoms with Gasteiger partial charge in [-0.1, -0.05) is 6.42 Å². The monoisotopic (exact) mass is 518 g/mol. The van der Waals surface area contributed by atoms with Gasteiger partial charge in [-0.25, -0.2) is 4.98 Å². The number of benzene rings is 1. The van der Waals surface area contributed by atoms with Gasteiger partial charge in [-0.3, -0.25) is 9.59 Å². The first-order valence-corrected chi connectivity index (χ1v) is 12.6. The summed E-state index contributed by atoms with van der Waals surface area (Å²) in [5, 5.41) is 5.78. The van der Waals surface area contributed by atoms with Crippen LogP contribution in [0.15, 0.2) is 30.5 Å². The number of aromatic nitrogens is 2. The van der Waals surface area contributed by atoms with Crippen molar-refractivity contribution in [2.45, 2.75) is 57.3 Å². The van der Waals surface area contributed by atoms with E-state index in [9.17, 15) is 22.8 Å². The smallest absolute Gasteiger partial charge is 0.366 e. The van der Waals surface area contributed by atoms with Gasteiger partial charge in [0.25, 0.3) is 5.91 Å². The molecule has 0 bridgehead atoms. The van der Waals surface area contributed by atoms with Crippen molar-refractivity contribution < 1.29 is 22.8 Å². The third-order valence-corrected chi connectivity index (χ3v) is 7.40. The van der Waals surface area contributed by atoms with Crippen LogP contribution in [0.2, 0.25) is 0 Å². The summed E-state index contributed by atoms with van der Waals surface area (Å²) in [5.41, 5.74) is 0.0796. The van der Waals surface area contributed by atoms with E-state index in [2.05, 4.69) is 32.5 Å². The number of Topliss-reactive ketones (excluding diaryl/α,β-unsaturated/α-hetero) is 1. The fraction of sp³-hybridized carbons (Fsp3) is 0.538. The van der Waals surface area contributed by atoms with E-state index >= 15 is 0 Å². The molecule has 2 fully saturated rings. The Kier molecular flexibility index (Phi) is 8.01. The molecule has 0 unspecified atom stereocenters. The number of piperidine rings is 1. The summed E-state index contributed by atoms with van der Waals surface area (Å²) < 4.78 is 40.9. The van der Waals surface area contributed by atoms with Gasteiger partial charge < -0.3 is 20.4 Å². The highest BCUT2D eigenvalue weighted by Gasteiger charge is 2.38. The average Bonchev–Trinajstić information content (AvgIpc) is 3.32. The molecule has 8 nitrogen and oxygen atoms in total. The molecule has 11 heteroatoms. The van der Waals surface area contributed by atoms with E-state index in [-0.39, 0.29) is 35.4 Å². The van der Waals surface area contributed by atoms with Gasteiger partial charge in [0.1, 0.15) is 17.2 Å². The van der Waals surface area contributed by atoms with Gasteiger partial charge in [0, 0.05) is 42.5 Å². The summed E-state index contributed by atoms with van der Waals surface area (Å²) >= 11 is 0. The minimum atomic E-state index is -4.65. The number of carbonyl (C=O) groups is 2. The van der Waals surface area contributed by atoms with Gasteiger partial charge in [-0.15, -0.1) is 0 Å². The Hall–Kier alpha value is -3.21. The minimum absolute atomic E-state index is 0.0182. The largest absolute Gasteiger partial charge is 0.421 e. The van der Waals surface area contributed by atoms with E-state index in [1.54, 1.807) is 29.2 Å². The average molecular weight is 519 g/mol. The van der Waals surface area contributed by atoms with Crippen LogP contribution in [0.3, 0.4) is 0 Å². The number of halogens is 3. The molecule has 1 aromatic heterocycles. The van der Waals surface area contributed by atoms with Crippen molar-refractivity contribution in [3.63, 3.8) is 0 Å². The second-order valence-electron chi connectivity index (χ2n) is 10.0. The maximum Gasteiger partial charge on any atom is 0.421 e. The number of amides is 1. The van der Waals surface area contributed by atoms with E-state index in [0.717, 1.165) is 38.5 Å². The lowest BCUT2D eigenvalue weighted by Crippen LogP contribution is -2.44. The predicted molar refractivity (Wildman–Crippen MR) is 135 cm³/mol. The maximum atomic E-state index is 13.6. The Bertz CT molecular complexity index is 1120. The number of anilines is 3. The molecular weight excluding hydrogens is 485 g/mol. The van der Waals surface area contributed by atoms with Crippen LogP contribution in [-0.4, -0.2) is 70.7 Å². The van der Waals surface area contributed by atoms with Gasteiger partial charge in [0.05, 0.1) is 0 Å². The molecule has 2 heterocycles. The number of nitrogens with one attached hydrogen (secondary N) is 2. The number of carbonyl (C=O) groups excluding carboxylic acids is 2. The second-order valence-corrected chi connectivity index (χ2v) is 10.0. The standard InChI is InChI=1S/C26H33F3N6O2/c1-16(36)20-5-4-6-22(20)32-23-21(26(27,28)29)15-30-25(33-23)31-18-9-7-17(8-10-18)24(37)35(3)19-11-13-34(2)14-12-19/h7-10,15,19-20,22H,4-6,11-14H2,1-3H3,(H2,30,31,32,33)/t20-,22-/m1/s1. The number of nitrogens with zero attached hydrogens (tertiary/aromatic N) is 4. The topological polar surface area (TPSA) is 90.5 Å². The van der Waals surface area contributed by atoms with E-state index in [1.807, 2.05) is 7.05 Å². The Balaban J connectivity index is 1.47. The fourth-order valence-electron chi connectivity index (χ4n) is 5.13. The van der Waals surface area contributed by atoms with Gasteiger partial charge >= 0.3 is 6.18 Å². The zero-order chi connectivity index (χ0) is 26.7. The number of rotatable bonds is 7. The molecule has 1 aliphatic heterocycles. The zero-order valence-corrected chi connectivity index (χ0v) is 21.3. The van der Waals surface area contributed by atoms with E-state index in [0.29, 0.717) is 24.1 Å². The Labute approximate surface area is 214 Å². The molecule has 1 amide bonds. The summed E-state index contributed by atoms with van der Waals surface area (Å²) in [7, 11) is 3.89. The molecule has 2 aromatic rings. The molecule has 200 valence electrons. The van der Waals surface area contributed by atoms with Gasteiger partial charge in [-0.2, -0.15) is 18.2 Å². The molecule has 0 spiro atoms. The van der Waals surface area contributed by atoms with Gasteiger partial charge in [0.2, 0.25) is 5.95 Å². The molecular formula is C26H33F3N6O2. The lowest BCUT2D eigenvalue weighted by molar-refractivity contribution is -0.137. The number of ketones is 1. The van der Waals surface area contributed by atoms with Crippen LogP contribution in [-0.2, 0) is 11.0 Å². The maximum absolute atomic E-state index is 13.6. The molecule has 1 aromatic carbocycles. The van der Waals surface area contributed by atoms with Crippen LogP contribution in [0.5, 0.6) is 0 Å². The quantitative estimate of drug-likeness (QED) is 0.555. The van der Waals surface area contributed by atoms with Crippen molar-refractivity contribution in [2.24, 2.45) is 5.92 Å². The summed E-state index contributed by atoms with van der Waals surface area (Å²) in [6.07, 6.45) is -0.0607. The van der Waals surface area contributed by atoms with E-state index in [1.165, 1.54) is 6.92 Å². The van der Waals surface area contributed by atoms with Crippen molar-refractivity contribution in [3.05, 3.63) is 41.6 Å².